The van der Waals surface area contributed by atoms with E-state index in [1.54, 1.807) is 12.3 Å². The van der Waals surface area contributed by atoms with Gasteiger partial charge >= 0.3 is 0 Å². The topological polar surface area (TPSA) is 34.2 Å². The summed E-state index contributed by atoms with van der Waals surface area (Å²) in [4.78, 5) is 4.22. The SMILES string of the molecule is Fc1cccc(-c2cnc3c(c2)NCCO3)c1. The number of nitrogens with zero attached hydrogens (tertiary/aromatic N) is 1. The third-order valence-electron chi connectivity index (χ3n) is 2.67. The first-order valence-corrected chi connectivity index (χ1v) is 5.45. The predicted molar refractivity (Wildman–Crippen MR) is 63.6 cm³/mol. The molecule has 0 spiro atoms. The maximum Gasteiger partial charge on any atom is 0.237 e. The smallest absolute Gasteiger partial charge is 0.237 e. The Morgan fingerprint density at radius 2 is 2.18 bits per heavy atom. The van der Waals surface area contributed by atoms with E-state index in [1.165, 1.54) is 12.1 Å². The fraction of sp³-hybridized carbons (Fsp3) is 0.154. The highest BCUT2D eigenvalue weighted by atomic mass is 19.1. The van der Waals surface area contributed by atoms with Crippen molar-refractivity contribution >= 4 is 5.69 Å². The number of anilines is 1. The van der Waals surface area contributed by atoms with Gasteiger partial charge in [0.15, 0.2) is 0 Å². The van der Waals surface area contributed by atoms with Crippen LogP contribution in [0.15, 0.2) is 36.5 Å². The molecule has 0 bridgehead atoms. The molecule has 1 N–H and O–H groups in total. The zero-order chi connectivity index (χ0) is 11.7. The minimum atomic E-state index is -0.246. The quantitative estimate of drug-likeness (QED) is 0.817. The van der Waals surface area contributed by atoms with Gasteiger partial charge in [0.1, 0.15) is 12.4 Å². The van der Waals surface area contributed by atoms with E-state index in [1.807, 2.05) is 12.1 Å². The monoisotopic (exact) mass is 230 g/mol. The van der Waals surface area contributed by atoms with E-state index >= 15 is 0 Å². The molecule has 0 saturated heterocycles. The van der Waals surface area contributed by atoms with Gasteiger partial charge in [0.05, 0.1) is 5.69 Å². The zero-order valence-corrected chi connectivity index (χ0v) is 9.11. The van der Waals surface area contributed by atoms with E-state index < -0.39 is 0 Å². The van der Waals surface area contributed by atoms with E-state index in [4.69, 9.17) is 4.74 Å². The number of aromatic nitrogens is 1. The summed E-state index contributed by atoms with van der Waals surface area (Å²) in [6.45, 7) is 1.39. The second kappa shape index (κ2) is 4.05. The molecule has 3 rings (SSSR count). The van der Waals surface area contributed by atoms with Crippen LogP contribution in [0.1, 0.15) is 0 Å². The number of halogens is 1. The average molecular weight is 230 g/mol. The maximum atomic E-state index is 13.1. The van der Waals surface area contributed by atoms with Crippen molar-refractivity contribution in [3.8, 4) is 17.0 Å². The molecule has 0 fully saturated rings. The van der Waals surface area contributed by atoms with Crippen molar-refractivity contribution in [3.05, 3.63) is 42.3 Å². The van der Waals surface area contributed by atoms with Crippen molar-refractivity contribution in [1.29, 1.82) is 0 Å². The van der Waals surface area contributed by atoms with E-state index in [9.17, 15) is 4.39 Å². The largest absolute Gasteiger partial charge is 0.474 e. The highest BCUT2D eigenvalue weighted by molar-refractivity contribution is 5.69. The Morgan fingerprint density at radius 3 is 3.06 bits per heavy atom. The summed E-state index contributed by atoms with van der Waals surface area (Å²) in [5.74, 6) is 0.362. The summed E-state index contributed by atoms with van der Waals surface area (Å²) >= 11 is 0. The van der Waals surface area contributed by atoms with Gasteiger partial charge in [-0.05, 0) is 23.8 Å². The molecular formula is C13H11FN2O. The number of hydrogen-bond acceptors (Lipinski definition) is 3. The Bertz CT molecular complexity index is 557. The standard InChI is InChI=1S/C13H11FN2O/c14-11-3-1-2-9(6-11)10-7-12-13(16-8-10)17-5-4-15-12/h1-3,6-8,15H,4-5H2. The van der Waals surface area contributed by atoms with Crippen LogP contribution in [0.5, 0.6) is 5.88 Å². The Kier molecular flexibility index (Phi) is 2.40. The third-order valence-corrected chi connectivity index (χ3v) is 2.67. The molecule has 1 aromatic carbocycles. The molecule has 1 aromatic heterocycles. The molecule has 4 heteroatoms. The number of rotatable bonds is 1. The average Bonchev–Trinajstić information content (AvgIpc) is 2.38. The van der Waals surface area contributed by atoms with Gasteiger partial charge in [0.2, 0.25) is 5.88 Å². The van der Waals surface area contributed by atoms with Gasteiger partial charge in [-0.2, -0.15) is 0 Å². The normalized spacial score (nSPS) is 13.5. The first-order valence-electron chi connectivity index (χ1n) is 5.45. The van der Waals surface area contributed by atoms with Crippen LogP contribution >= 0.6 is 0 Å². The first kappa shape index (κ1) is 10.1. The van der Waals surface area contributed by atoms with Crippen molar-refractivity contribution < 1.29 is 9.13 Å². The summed E-state index contributed by atoms with van der Waals surface area (Å²) in [6, 6.07) is 8.39. The Balaban J connectivity index is 2.04. The van der Waals surface area contributed by atoms with E-state index in [2.05, 4.69) is 10.3 Å². The van der Waals surface area contributed by atoms with E-state index in [0.29, 0.717) is 12.5 Å². The second-order valence-electron chi connectivity index (χ2n) is 3.86. The lowest BCUT2D eigenvalue weighted by Crippen LogP contribution is -2.18. The number of nitrogens with one attached hydrogen (secondary N) is 1. The number of fused-ring (bicyclic) bond motifs is 1. The van der Waals surface area contributed by atoms with Gasteiger partial charge < -0.3 is 10.1 Å². The molecule has 2 aromatic rings. The van der Waals surface area contributed by atoms with Gasteiger partial charge in [0, 0.05) is 18.3 Å². The van der Waals surface area contributed by atoms with Gasteiger partial charge in [-0.1, -0.05) is 12.1 Å². The number of ether oxygens (including phenoxy) is 1. The van der Waals surface area contributed by atoms with Crippen molar-refractivity contribution in [2.75, 3.05) is 18.5 Å². The predicted octanol–water partition coefficient (Wildman–Crippen LogP) is 2.69. The molecule has 0 atom stereocenters. The van der Waals surface area contributed by atoms with Crippen LogP contribution in [-0.2, 0) is 0 Å². The third kappa shape index (κ3) is 1.93. The van der Waals surface area contributed by atoms with Crippen molar-refractivity contribution in [2.45, 2.75) is 0 Å². The van der Waals surface area contributed by atoms with Gasteiger partial charge in [-0.15, -0.1) is 0 Å². The summed E-state index contributed by atoms with van der Waals surface area (Å²) in [5, 5.41) is 3.21. The van der Waals surface area contributed by atoms with Gasteiger partial charge in [-0.3, -0.25) is 0 Å². The molecular weight excluding hydrogens is 219 g/mol. The molecule has 0 unspecified atom stereocenters. The van der Waals surface area contributed by atoms with Crippen LogP contribution in [-0.4, -0.2) is 18.1 Å². The lowest BCUT2D eigenvalue weighted by molar-refractivity contribution is 0.310. The van der Waals surface area contributed by atoms with Crippen molar-refractivity contribution in [3.63, 3.8) is 0 Å². The first-order chi connectivity index (χ1) is 8.33. The molecule has 86 valence electrons. The Morgan fingerprint density at radius 1 is 1.24 bits per heavy atom. The highest BCUT2D eigenvalue weighted by Gasteiger charge is 2.12. The number of pyridine rings is 1. The molecule has 2 heterocycles. The lowest BCUT2D eigenvalue weighted by atomic mass is 10.1. The highest BCUT2D eigenvalue weighted by Crippen LogP contribution is 2.29. The summed E-state index contributed by atoms with van der Waals surface area (Å²) in [5.41, 5.74) is 2.55. The Labute approximate surface area is 98.3 Å². The molecule has 0 amide bonds. The molecule has 1 aliphatic rings. The van der Waals surface area contributed by atoms with Crippen molar-refractivity contribution in [2.24, 2.45) is 0 Å². The number of benzene rings is 1. The Hall–Kier alpha value is -2.10. The van der Waals surface area contributed by atoms with Crippen LogP contribution in [0.4, 0.5) is 10.1 Å². The van der Waals surface area contributed by atoms with Crippen LogP contribution < -0.4 is 10.1 Å². The molecule has 0 aliphatic carbocycles. The van der Waals surface area contributed by atoms with E-state index in [-0.39, 0.29) is 5.82 Å². The summed E-state index contributed by atoms with van der Waals surface area (Å²) in [7, 11) is 0. The molecule has 0 saturated carbocycles. The van der Waals surface area contributed by atoms with Crippen LogP contribution in [0, 0.1) is 5.82 Å². The molecule has 17 heavy (non-hydrogen) atoms. The molecule has 3 nitrogen and oxygen atoms in total. The van der Waals surface area contributed by atoms with Crippen LogP contribution in [0.3, 0.4) is 0 Å². The van der Waals surface area contributed by atoms with Crippen LogP contribution in [0.2, 0.25) is 0 Å². The zero-order valence-electron chi connectivity index (χ0n) is 9.11. The second-order valence-corrected chi connectivity index (χ2v) is 3.86. The molecule has 1 aliphatic heterocycles. The molecule has 0 radical (unpaired) electrons. The summed E-state index contributed by atoms with van der Waals surface area (Å²) in [6.07, 6.45) is 1.70. The van der Waals surface area contributed by atoms with Crippen molar-refractivity contribution in [1.82, 2.24) is 4.98 Å². The van der Waals surface area contributed by atoms with Gasteiger partial charge in [0.25, 0.3) is 0 Å². The van der Waals surface area contributed by atoms with E-state index in [0.717, 1.165) is 23.4 Å². The fourth-order valence-corrected chi connectivity index (χ4v) is 1.85. The van der Waals surface area contributed by atoms with Crippen LogP contribution in [0.25, 0.3) is 11.1 Å². The lowest BCUT2D eigenvalue weighted by Gasteiger charge is -2.18. The fourth-order valence-electron chi connectivity index (χ4n) is 1.85. The minimum Gasteiger partial charge on any atom is -0.474 e. The number of hydrogen-bond donors (Lipinski definition) is 1. The minimum absolute atomic E-state index is 0.246. The maximum absolute atomic E-state index is 13.1. The summed E-state index contributed by atoms with van der Waals surface area (Å²) < 4.78 is 18.5. The van der Waals surface area contributed by atoms with Gasteiger partial charge in [-0.25, -0.2) is 9.37 Å².